The van der Waals surface area contributed by atoms with E-state index in [1.807, 2.05) is 30.3 Å². The molecule has 1 unspecified atom stereocenters. The van der Waals surface area contributed by atoms with Crippen molar-refractivity contribution in [2.75, 3.05) is 6.26 Å². The van der Waals surface area contributed by atoms with E-state index in [0.29, 0.717) is 12.0 Å². The zero-order valence-corrected chi connectivity index (χ0v) is 12.6. The average molecular weight is 299 g/mol. The summed E-state index contributed by atoms with van der Waals surface area (Å²) in [5.41, 5.74) is 8.06. The summed E-state index contributed by atoms with van der Waals surface area (Å²) in [5.74, 6) is -0.229. The molecule has 1 aromatic carbocycles. The van der Waals surface area contributed by atoms with Crippen LogP contribution < -0.4 is 5.73 Å². The molecule has 4 heteroatoms. The highest BCUT2D eigenvalue weighted by Gasteiger charge is 2.16. The highest BCUT2D eigenvalue weighted by molar-refractivity contribution is 8.13. The minimum Gasteiger partial charge on any atom is -0.366 e. The first kappa shape index (κ1) is 15.3. The van der Waals surface area contributed by atoms with Gasteiger partial charge in [-0.1, -0.05) is 60.3 Å². The summed E-state index contributed by atoms with van der Waals surface area (Å²) in [7, 11) is 0. The van der Waals surface area contributed by atoms with E-state index in [2.05, 4.69) is 6.08 Å². The highest BCUT2D eigenvalue weighted by Crippen LogP contribution is 2.29. The predicted molar refractivity (Wildman–Crippen MR) is 87.8 cm³/mol. The molecule has 0 heterocycles. The van der Waals surface area contributed by atoms with Gasteiger partial charge in [0.15, 0.2) is 0 Å². The molecular weight excluding hydrogens is 282 g/mol. The number of nitrogens with two attached hydrogens (primary N) is 1. The zero-order valence-electron chi connectivity index (χ0n) is 11.8. The standard InChI is InChI=1S/C17H17NO2S/c1-21-16(19)9-8-12-4-2-5-13(10-12)14-6-3-7-15(11-14)17(18)20/h2-10,14H,11H2,1H3,(H2,18,20)/b9-8+. The van der Waals surface area contributed by atoms with Crippen LogP contribution in [0.25, 0.3) is 6.08 Å². The van der Waals surface area contributed by atoms with Crippen LogP contribution in [0, 0.1) is 0 Å². The van der Waals surface area contributed by atoms with Gasteiger partial charge in [-0.15, -0.1) is 0 Å². The third-order valence-corrected chi connectivity index (χ3v) is 3.89. The summed E-state index contributed by atoms with van der Waals surface area (Å²) in [6.07, 6.45) is 11.4. The second-order valence-electron chi connectivity index (χ2n) is 4.78. The molecule has 3 nitrogen and oxygen atoms in total. The first-order valence-electron chi connectivity index (χ1n) is 6.63. The molecule has 0 aliphatic heterocycles. The van der Waals surface area contributed by atoms with E-state index < -0.39 is 0 Å². The molecule has 1 atom stereocenters. The Hall–Kier alpha value is -2.07. The van der Waals surface area contributed by atoms with E-state index in [1.54, 1.807) is 24.5 Å². The number of primary amides is 1. The van der Waals surface area contributed by atoms with Gasteiger partial charge in [-0.2, -0.15) is 0 Å². The van der Waals surface area contributed by atoms with Gasteiger partial charge >= 0.3 is 0 Å². The van der Waals surface area contributed by atoms with Crippen molar-refractivity contribution in [3.63, 3.8) is 0 Å². The largest absolute Gasteiger partial charge is 0.366 e. The third kappa shape index (κ3) is 4.20. The average Bonchev–Trinajstić information content (AvgIpc) is 2.53. The van der Waals surface area contributed by atoms with Gasteiger partial charge in [-0.25, -0.2) is 0 Å². The Kier molecular flexibility index (Phi) is 5.17. The van der Waals surface area contributed by atoms with Crippen LogP contribution in [-0.2, 0) is 9.59 Å². The van der Waals surface area contributed by atoms with Crippen LogP contribution in [0.1, 0.15) is 23.5 Å². The Morgan fingerprint density at radius 1 is 1.38 bits per heavy atom. The smallest absolute Gasteiger partial charge is 0.244 e. The molecule has 0 saturated heterocycles. The number of allylic oxidation sites excluding steroid dienone is 3. The number of hydrogen-bond donors (Lipinski definition) is 1. The van der Waals surface area contributed by atoms with Crippen LogP contribution in [0.5, 0.6) is 0 Å². The molecule has 0 fully saturated rings. The van der Waals surface area contributed by atoms with Gasteiger partial charge in [-0.3, -0.25) is 9.59 Å². The molecule has 2 N–H and O–H groups in total. The summed E-state index contributed by atoms with van der Waals surface area (Å²) in [6, 6.07) is 7.95. The summed E-state index contributed by atoms with van der Waals surface area (Å²) in [5, 5.41) is 0.0249. The van der Waals surface area contributed by atoms with Gasteiger partial charge in [0.2, 0.25) is 11.0 Å². The van der Waals surface area contributed by atoms with Crippen LogP contribution in [0.2, 0.25) is 0 Å². The monoisotopic (exact) mass is 299 g/mol. The number of thioether (sulfide) groups is 1. The maximum Gasteiger partial charge on any atom is 0.244 e. The number of rotatable bonds is 4. The Labute approximate surface area is 128 Å². The van der Waals surface area contributed by atoms with Crippen molar-refractivity contribution >= 4 is 28.9 Å². The lowest BCUT2D eigenvalue weighted by molar-refractivity contribution is -0.114. The third-order valence-electron chi connectivity index (χ3n) is 3.35. The lowest BCUT2D eigenvalue weighted by atomic mass is 9.87. The Bertz CT molecular complexity index is 644. The number of amides is 1. The molecule has 1 aliphatic carbocycles. The van der Waals surface area contributed by atoms with E-state index >= 15 is 0 Å². The summed E-state index contributed by atoms with van der Waals surface area (Å²) >= 11 is 1.18. The van der Waals surface area contributed by atoms with Crippen LogP contribution >= 0.6 is 11.8 Å². The maximum atomic E-state index is 11.3. The number of benzene rings is 1. The summed E-state index contributed by atoms with van der Waals surface area (Å²) < 4.78 is 0. The van der Waals surface area contributed by atoms with Gasteiger partial charge in [-0.05, 0) is 29.9 Å². The number of carbonyl (C=O) groups excluding carboxylic acids is 2. The Balaban J connectivity index is 2.17. The lowest BCUT2D eigenvalue weighted by Gasteiger charge is -2.17. The van der Waals surface area contributed by atoms with E-state index in [4.69, 9.17) is 5.73 Å². The molecule has 0 saturated carbocycles. The Morgan fingerprint density at radius 2 is 2.19 bits per heavy atom. The lowest BCUT2D eigenvalue weighted by Crippen LogP contribution is -2.17. The molecule has 2 rings (SSSR count). The quantitative estimate of drug-likeness (QED) is 0.869. The highest BCUT2D eigenvalue weighted by atomic mass is 32.2. The molecule has 108 valence electrons. The van der Waals surface area contributed by atoms with Crippen molar-refractivity contribution in [3.05, 3.63) is 65.3 Å². The Morgan fingerprint density at radius 3 is 2.90 bits per heavy atom. The van der Waals surface area contributed by atoms with E-state index in [0.717, 1.165) is 11.1 Å². The zero-order chi connectivity index (χ0) is 15.2. The molecular formula is C17H17NO2S. The normalized spacial score (nSPS) is 17.8. The number of hydrogen-bond acceptors (Lipinski definition) is 3. The summed E-state index contributed by atoms with van der Waals surface area (Å²) in [6.45, 7) is 0. The fourth-order valence-corrected chi connectivity index (χ4v) is 2.42. The molecule has 1 aromatic rings. The molecule has 21 heavy (non-hydrogen) atoms. The minimum absolute atomic E-state index is 0.0249. The van der Waals surface area contributed by atoms with Gasteiger partial charge in [0, 0.05) is 11.5 Å². The fraction of sp³-hybridized carbons (Fsp3) is 0.176. The topological polar surface area (TPSA) is 60.2 Å². The van der Waals surface area contributed by atoms with Crippen LogP contribution in [0.15, 0.2) is 54.1 Å². The fourth-order valence-electron chi connectivity index (χ4n) is 2.22. The first-order valence-corrected chi connectivity index (χ1v) is 7.86. The van der Waals surface area contributed by atoms with E-state index in [-0.39, 0.29) is 16.9 Å². The van der Waals surface area contributed by atoms with Gasteiger partial charge in [0.05, 0.1) is 0 Å². The second kappa shape index (κ2) is 7.09. The molecule has 1 amide bonds. The van der Waals surface area contributed by atoms with Crippen molar-refractivity contribution in [3.8, 4) is 0 Å². The van der Waals surface area contributed by atoms with E-state index in [9.17, 15) is 9.59 Å². The number of carbonyl (C=O) groups is 2. The second-order valence-corrected chi connectivity index (χ2v) is 5.59. The van der Waals surface area contributed by atoms with Crippen molar-refractivity contribution in [2.24, 2.45) is 5.73 Å². The SMILES string of the molecule is CSC(=O)/C=C/c1cccc(C2C=CC=C(C(N)=O)C2)c1. The molecule has 1 aliphatic rings. The van der Waals surface area contributed by atoms with Crippen LogP contribution in [0.3, 0.4) is 0 Å². The van der Waals surface area contributed by atoms with E-state index in [1.165, 1.54) is 11.8 Å². The first-order chi connectivity index (χ1) is 10.1. The van der Waals surface area contributed by atoms with Gasteiger partial charge in [0.25, 0.3) is 0 Å². The predicted octanol–water partition coefficient (Wildman–Crippen LogP) is 3.04. The minimum atomic E-state index is -0.369. The van der Waals surface area contributed by atoms with Gasteiger partial charge < -0.3 is 5.73 Å². The summed E-state index contributed by atoms with van der Waals surface area (Å²) in [4.78, 5) is 22.6. The maximum absolute atomic E-state index is 11.3. The van der Waals surface area contributed by atoms with Crippen molar-refractivity contribution < 1.29 is 9.59 Å². The molecule has 0 bridgehead atoms. The van der Waals surface area contributed by atoms with Crippen LogP contribution in [0.4, 0.5) is 0 Å². The molecule has 0 radical (unpaired) electrons. The van der Waals surface area contributed by atoms with Crippen molar-refractivity contribution in [1.29, 1.82) is 0 Å². The van der Waals surface area contributed by atoms with Crippen molar-refractivity contribution in [1.82, 2.24) is 0 Å². The molecule has 0 spiro atoms. The molecule has 0 aromatic heterocycles. The van der Waals surface area contributed by atoms with Crippen molar-refractivity contribution in [2.45, 2.75) is 12.3 Å². The van der Waals surface area contributed by atoms with Crippen LogP contribution in [-0.4, -0.2) is 17.3 Å². The van der Waals surface area contributed by atoms with Gasteiger partial charge in [0.1, 0.15) is 0 Å².